The van der Waals surface area contributed by atoms with Crippen LogP contribution in [0.15, 0.2) is 17.1 Å². The van der Waals surface area contributed by atoms with E-state index >= 15 is 0 Å². The molecule has 0 aromatic heterocycles. The molecule has 1 aliphatic carbocycles. The number of anilines is 1. The second-order valence-corrected chi connectivity index (χ2v) is 8.50. The van der Waals surface area contributed by atoms with Crippen LogP contribution >= 0.6 is 0 Å². The number of hydrogen-bond donors (Lipinski definition) is 3. The topological polar surface area (TPSA) is 82.6 Å². The molecule has 0 spiro atoms. The Bertz CT molecular complexity index is 761. The van der Waals surface area contributed by atoms with Gasteiger partial charge in [0.2, 0.25) is 5.91 Å². The van der Waals surface area contributed by atoms with Gasteiger partial charge in [-0.15, -0.1) is 0 Å². The lowest BCUT2D eigenvalue weighted by Gasteiger charge is -2.30. The van der Waals surface area contributed by atoms with Crippen molar-refractivity contribution < 1.29 is 22.2 Å². The Labute approximate surface area is 164 Å². The summed E-state index contributed by atoms with van der Waals surface area (Å²) in [7, 11) is 0.701. The van der Waals surface area contributed by atoms with Crippen LogP contribution in [0.2, 0.25) is 0 Å². The van der Waals surface area contributed by atoms with Crippen LogP contribution in [0.4, 0.5) is 18.9 Å². The first-order chi connectivity index (χ1) is 13.3. The van der Waals surface area contributed by atoms with Crippen LogP contribution in [-0.4, -0.2) is 46.7 Å². The predicted molar refractivity (Wildman–Crippen MR) is 104 cm³/mol. The molecule has 6 nitrogen and oxygen atoms in total. The van der Waals surface area contributed by atoms with Gasteiger partial charge in [0.05, 0.1) is 12.2 Å². The van der Waals surface area contributed by atoms with Crippen molar-refractivity contribution in [2.45, 2.75) is 43.9 Å². The fourth-order valence-electron chi connectivity index (χ4n) is 3.12. The molecule has 2 rings (SSSR count). The Morgan fingerprint density at radius 2 is 2.00 bits per heavy atom. The van der Waals surface area contributed by atoms with Crippen molar-refractivity contribution in [1.82, 2.24) is 10.6 Å². The summed E-state index contributed by atoms with van der Waals surface area (Å²) in [5, 5.41) is 8.34. The Morgan fingerprint density at radius 3 is 2.68 bits per heavy atom. The second kappa shape index (κ2) is 10.4. The van der Waals surface area contributed by atoms with E-state index in [-0.39, 0.29) is 17.8 Å². The highest BCUT2D eigenvalue weighted by Gasteiger charge is 2.26. The van der Waals surface area contributed by atoms with Gasteiger partial charge in [0, 0.05) is 34.9 Å². The number of nitrogens with one attached hydrogen (secondary N) is 3. The number of carbonyl (C=O) groups excluding carboxylic acids is 1. The molecule has 156 valence electrons. The molecule has 0 aliphatic heterocycles. The van der Waals surface area contributed by atoms with E-state index in [9.17, 15) is 22.2 Å². The minimum atomic E-state index is -1.64. The van der Waals surface area contributed by atoms with Crippen molar-refractivity contribution in [3.8, 4) is 0 Å². The van der Waals surface area contributed by atoms with E-state index in [1.807, 2.05) is 6.92 Å². The lowest BCUT2D eigenvalue weighted by Crippen LogP contribution is -2.48. The number of guanidine groups is 1. The highest BCUT2D eigenvalue weighted by atomic mass is 32.2. The van der Waals surface area contributed by atoms with Gasteiger partial charge in [-0.05, 0) is 31.4 Å². The summed E-state index contributed by atoms with van der Waals surface area (Å²) in [5.74, 6) is -4.04. The van der Waals surface area contributed by atoms with E-state index in [2.05, 4.69) is 20.9 Å². The number of aliphatic imine (C=N–C) groups is 1. The Kier molecular flexibility index (Phi) is 8.28. The first-order valence-corrected chi connectivity index (χ1v) is 10.5. The zero-order valence-corrected chi connectivity index (χ0v) is 16.7. The van der Waals surface area contributed by atoms with E-state index in [1.165, 1.54) is 0 Å². The quantitative estimate of drug-likeness (QED) is 0.376. The van der Waals surface area contributed by atoms with E-state index in [4.69, 9.17) is 0 Å². The highest BCUT2D eigenvalue weighted by molar-refractivity contribution is 7.85. The summed E-state index contributed by atoms with van der Waals surface area (Å²) in [6, 6.07) is 1.78. The average Bonchev–Trinajstić information content (AvgIpc) is 2.71. The largest absolute Gasteiger partial charge is 0.354 e. The van der Waals surface area contributed by atoms with Gasteiger partial charge in [-0.25, -0.2) is 13.2 Å². The molecule has 1 amide bonds. The molecule has 3 unspecified atom stereocenters. The molecule has 1 aromatic rings. The van der Waals surface area contributed by atoms with Crippen molar-refractivity contribution in [3.05, 3.63) is 29.6 Å². The molecule has 0 bridgehead atoms. The molecule has 3 N–H and O–H groups in total. The van der Waals surface area contributed by atoms with E-state index < -0.39 is 39.8 Å². The third kappa shape index (κ3) is 5.95. The van der Waals surface area contributed by atoms with Crippen LogP contribution in [-0.2, 0) is 15.6 Å². The molecular formula is C18H25F3N4O2S. The molecule has 1 saturated carbocycles. The fraction of sp³-hybridized carbons (Fsp3) is 0.556. The van der Waals surface area contributed by atoms with Crippen molar-refractivity contribution in [2.24, 2.45) is 4.99 Å². The number of carbonyl (C=O) groups is 1. The maximum Gasteiger partial charge on any atom is 0.243 e. The number of amides is 1. The molecule has 28 heavy (non-hydrogen) atoms. The summed E-state index contributed by atoms with van der Waals surface area (Å²) >= 11 is 0. The van der Waals surface area contributed by atoms with E-state index in [0.29, 0.717) is 11.7 Å². The van der Waals surface area contributed by atoms with Gasteiger partial charge in [-0.2, -0.15) is 0 Å². The van der Waals surface area contributed by atoms with Gasteiger partial charge in [0.1, 0.15) is 0 Å². The number of benzene rings is 1. The SMILES string of the molecule is CCS(=O)C1CCCC(NC(=NC)NCC(=O)Nc2ccc(F)c(F)c2F)C1. The third-order valence-corrected chi connectivity index (χ3v) is 6.31. The van der Waals surface area contributed by atoms with Crippen molar-refractivity contribution in [3.63, 3.8) is 0 Å². The summed E-state index contributed by atoms with van der Waals surface area (Å²) in [5.41, 5.74) is -0.439. The van der Waals surface area contributed by atoms with Gasteiger partial charge in [0.25, 0.3) is 0 Å². The molecule has 1 aromatic carbocycles. The number of nitrogens with zero attached hydrogens (tertiary/aromatic N) is 1. The molecule has 3 atom stereocenters. The summed E-state index contributed by atoms with van der Waals surface area (Å²) < 4.78 is 51.8. The van der Waals surface area contributed by atoms with Crippen molar-refractivity contribution in [1.29, 1.82) is 0 Å². The average molecular weight is 418 g/mol. The fourth-order valence-corrected chi connectivity index (χ4v) is 4.47. The Hall–Kier alpha value is -2.10. The normalized spacial score (nSPS) is 21.1. The second-order valence-electron chi connectivity index (χ2n) is 6.50. The lowest BCUT2D eigenvalue weighted by molar-refractivity contribution is -0.115. The summed E-state index contributed by atoms with van der Waals surface area (Å²) in [4.78, 5) is 16.0. The molecule has 1 aliphatic rings. The Morgan fingerprint density at radius 1 is 1.25 bits per heavy atom. The monoisotopic (exact) mass is 418 g/mol. The summed E-state index contributed by atoms with van der Waals surface area (Å²) in [6.07, 6.45) is 3.56. The summed E-state index contributed by atoms with van der Waals surface area (Å²) in [6.45, 7) is 1.66. The molecule has 0 heterocycles. The van der Waals surface area contributed by atoms with Crippen LogP contribution in [0.3, 0.4) is 0 Å². The van der Waals surface area contributed by atoms with E-state index in [0.717, 1.165) is 37.8 Å². The standard InChI is InChI=1S/C18H25F3N4O2S/c1-3-28(27)12-6-4-5-11(9-12)24-18(22-2)23-10-15(26)25-14-8-7-13(19)16(20)17(14)21/h7-8,11-12H,3-6,9-10H2,1-2H3,(H,25,26)(H2,22,23,24). The van der Waals surface area contributed by atoms with Gasteiger partial charge in [0.15, 0.2) is 23.4 Å². The van der Waals surface area contributed by atoms with Crippen LogP contribution in [0.25, 0.3) is 0 Å². The molecule has 0 radical (unpaired) electrons. The van der Waals surface area contributed by atoms with Gasteiger partial charge < -0.3 is 16.0 Å². The van der Waals surface area contributed by atoms with Crippen LogP contribution < -0.4 is 16.0 Å². The van der Waals surface area contributed by atoms with Crippen LogP contribution in [0.5, 0.6) is 0 Å². The molecule has 10 heteroatoms. The van der Waals surface area contributed by atoms with Crippen LogP contribution in [0.1, 0.15) is 32.6 Å². The maximum atomic E-state index is 13.6. The number of rotatable bonds is 6. The van der Waals surface area contributed by atoms with Crippen molar-refractivity contribution in [2.75, 3.05) is 24.7 Å². The Balaban J connectivity index is 1.86. The number of hydrogen-bond acceptors (Lipinski definition) is 3. The maximum absolute atomic E-state index is 13.6. The minimum absolute atomic E-state index is 0.0900. The first kappa shape index (κ1) is 22.2. The number of halogens is 3. The van der Waals surface area contributed by atoms with Gasteiger partial charge >= 0.3 is 0 Å². The van der Waals surface area contributed by atoms with Gasteiger partial charge in [-0.1, -0.05) is 13.3 Å². The van der Waals surface area contributed by atoms with Crippen LogP contribution in [0, 0.1) is 17.5 Å². The molecule has 1 fully saturated rings. The molecule has 0 saturated heterocycles. The van der Waals surface area contributed by atoms with Crippen molar-refractivity contribution >= 4 is 28.4 Å². The third-order valence-electron chi connectivity index (χ3n) is 4.57. The minimum Gasteiger partial charge on any atom is -0.354 e. The van der Waals surface area contributed by atoms with Gasteiger partial charge in [-0.3, -0.25) is 14.0 Å². The zero-order valence-electron chi connectivity index (χ0n) is 15.9. The molecular weight excluding hydrogens is 393 g/mol. The zero-order chi connectivity index (χ0) is 20.7. The first-order valence-electron chi connectivity index (χ1n) is 9.13. The lowest BCUT2D eigenvalue weighted by atomic mass is 9.95. The smallest absolute Gasteiger partial charge is 0.243 e. The van der Waals surface area contributed by atoms with E-state index in [1.54, 1.807) is 7.05 Å². The predicted octanol–water partition coefficient (Wildman–Crippen LogP) is 2.29. The highest BCUT2D eigenvalue weighted by Crippen LogP contribution is 2.23.